The minimum atomic E-state index is 0.00642. The fourth-order valence-electron chi connectivity index (χ4n) is 3.45. The summed E-state index contributed by atoms with van der Waals surface area (Å²) >= 11 is 1.56. The number of quaternary nitrogens is 1. The number of anilines is 1. The van der Waals surface area contributed by atoms with E-state index in [0.29, 0.717) is 6.54 Å². The molecule has 6 heteroatoms. The summed E-state index contributed by atoms with van der Waals surface area (Å²) in [5.74, 6) is 0.747. The summed E-state index contributed by atoms with van der Waals surface area (Å²) in [4.78, 5) is 21.6. The SMILES string of the molecule is COc1ccc(C)c2sc(N(CCC[NH+](C)C)C(=O)c3ccc(C)cc3C)nc12. The van der Waals surface area contributed by atoms with E-state index in [1.54, 1.807) is 18.4 Å². The van der Waals surface area contributed by atoms with E-state index in [0.717, 1.165) is 56.3 Å². The van der Waals surface area contributed by atoms with Crippen molar-refractivity contribution in [1.82, 2.24) is 4.98 Å². The van der Waals surface area contributed by atoms with E-state index in [2.05, 4.69) is 27.1 Å². The Labute approximate surface area is 176 Å². The number of carbonyl (C=O) groups is 1. The minimum absolute atomic E-state index is 0.00642. The van der Waals surface area contributed by atoms with Crippen LogP contribution in [0.2, 0.25) is 0 Å². The lowest BCUT2D eigenvalue weighted by molar-refractivity contribution is -0.858. The van der Waals surface area contributed by atoms with E-state index in [4.69, 9.17) is 9.72 Å². The van der Waals surface area contributed by atoms with Gasteiger partial charge in [0.25, 0.3) is 5.91 Å². The minimum Gasteiger partial charge on any atom is -0.494 e. The number of ether oxygens (including phenoxy) is 1. The number of aryl methyl sites for hydroxylation is 3. The van der Waals surface area contributed by atoms with Crippen LogP contribution in [-0.2, 0) is 0 Å². The zero-order valence-corrected chi connectivity index (χ0v) is 18.9. The zero-order chi connectivity index (χ0) is 21.1. The Hall–Kier alpha value is -2.44. The van der Waals surface area contributed by atoms with Crippen LogP contribution in [0.15, 0.2) is 30.3 Å². The van der Waals surface area contributed by atoms with E-state index in [-0.39, 0.29) is 5.91 Å². The molecule has 1 amide bonds. The molecule has 154 valence electrons. The number of nitrogens with one attached hydrogen (secondary N) is 1. The average Bonchev–Trinajstić information content (AvgIpc) is 3.11. The van der Waals surface area contributed by atoms with Crippen LogP contribution < -0.4 is 14.5 Å². The van der Waals surface area contributed by atoms with Crippen molar-refractivity contribution in [3.63, 3.8) is 0 Å². The third-order valence-electron chi connectivity index (χ3n) is 5.06. The van der Waals surface area contributed by atoms with Crippen molar-refractivity contribution in [2.24, 2.45) is 0 Å². The number of carbonyl (C=O) groups excluding carboxylic acids is 1. The second-order valence-corrected chi connectivity index (χ2v) is 8.82. The molecule has 0 aliphatic carbocycles. The molecule has 0 saturated heterocycles. The number of methoxy groups -OCH3 is 1. The summed E-state index contributed by atoms with van der Waals surface area (Å²) in [7, 11) is 5.91. The smallest absolute Gasteiger partial charge is 0.260 e. The summed E-state index contributed by atoms with van der Waals surface area (Å²) in [5.41, 5.74) is 4.84. The molecule has 1 N–H and O–H groups in total. The van der Waals surface area contributed by atoms with Crippen LogP contribution in [0.5, 0.6) is 5.75 Å². The Morgan fingerprint density at radius 3 is 2.55 bits per heavy atom. The van der Waals surface area contributed by atoms with Crippen molar-refractivity contribution in [2.45, 2.75) is 27.2 Å². The number of hydrogen-bond donors (Lipinski definition) is 1. The topological polar surface area (TPSA) is 46.9 Å². The molecule has 0 saturated carbocycles. The largest absolute Gasteiger partial charge is 0.494 e. The second-order valence-electron chi connectivity index (χ2n) is 7.84. The standard InChI is InChI=1S/C23H29N3O2S/c1-15-8-10-18(17(3)14-15)22(27)26(13-7-12-25(4)5)23-24-20-19(28-6)11-9-16(2)21(20)29-23/h8-11,14H,7,12-13H2,1-6H3/p+1. The molecule has 3 aromatic rings. The van der Waals surface area contributed by atoms with Crippen molar-refractivity contribution in [3.05, 3.63) is 52.6 Å². The molecular weight excluding hydrogens is 382 g/mol. The van der Waals surface area contributed by atoms with Gasteiger partial charge in [0.05, 0.1) is 32.4 Å². The molecule has 2 aromatic carbocycles. The number of fused-ring (bicyclic) bond motifs is 1. The van der Waals surface area contributed by atoms with Gasteiger partial charge < -0.3 is 9.64 Å². The van der Waals surface area contributed by atoms with Gasteiger partial charge in [0.1, 0.15) is 11.3 Å². The Morgan fingerprint density at radius 2 is 1.90 bits per heavy atom. The van der Waals surface area contributed by atoms with Crippen LogP contribution in [0.4, 0.5) is 5.13 Å². The summed E-state index contributed by atoms with van der Waals surface area (Å²) in [6.45, 7) is 7.73. The molecule has 0 radical (unpaired) electrons. The summed E-state index contributed by atoms with van der Waals surface area (Å²) in [5, 5.41) is 0.728. The molecule has 1 heterocycles. The number of benzene rings is 2. The van der Waals surface area contributed by atoms with Gasteiger partial charge in [0, 0.05) is 18.5 Å². The lowest BCUT2D eigenvalue weighted by Gasteiger charge is -2.21. The predicted octanol–water partition coefficient (Wildman–Crippen LogP) is 3.41. The zero-order valence-electron chi connectivity index (χ0n) is 18.1. The molecule has 0 aliphatic heterocycles. The number of rotatable bonds is 7. The van der Waals surface area contributed by atoms with Gasteiger partial charge in [-0.15, -0.1) is 0 Å². The van der Waals surface area contributed by atoms with Gasteiger partial charge in [-0.2, -0.15) is 0 Å². The van der Waals surface area contributed by atoms with Crippen molar-refractivity contribution in [3.8, 4) is 5.75 Å². The van der Waals surface area contributed by atoms with Gasteiger partial charge in [-0.05, 0) is 44.0 Å². The number of amides is 1. The number of hydrogen-bond acceptors (Lipinski definition) is 4. The molecule has 29 heavy (non-hydrogen) atoms. The third kappa shape index (κ3) is 4.60. The van der Waals surface area contributed by atoms with E-state index in [1.165, 1.54) is 4.90 Å². The molecule has 0 spiro atoms. The molecule has 0 aliphatic rings. The molecule has 0 atom stereocenters. The molecule has 0 bridgehead atoms. The van der Waals surface area contributed by atoms with Gasteiger partial charge in [-0.1, -0.05) is 35.1 Å². The number of nitrogens with zero attached hydrogens (tertiary/aromatic N) is 2. The van der Waals surface area contributed by atoms with Crippen LogP contribution in [0.3, 0.4) is 0 Å². The summed E-state index contributed by atoms with van der Waals surface area (Å²) in [6.07, 6.45) is 0.908. The lowest BCUT2D eigenvalue weighted by Crippen LogP contribution is -3.05. The van der Waals surface area contributed by atoms with Gasteiger partial charge in [-0.25, -0.2) is 4.98 Å². The molecule has 5 nitrogen and oxygen atoms in total. The van der Waals surface area contributed by atoms with E-state index >= 15 is 0 Å². The highest BCUT2D eigenvalue weighted by molar-refractivity contribution is 7.22. The van der Waals surface area contributed by atoms with Crippen LogP contribution in [-0.4, -0.2) is 45.2 Å². The molecule has 0 fully saturated rings. The molecular formula is C23H30N3O2S+. The first kappa shape index (κ1) is 21.3. The van der Waals surface area contributed by atoms with E-state index in [1.807, 2.05) is 43.0 Å². The van der Waals surface area contributed by atoms with Crippen molar-refractivity contribution < 1.29 is 14.4 Å². The second kappa shape index (κ2) is 8.93. The van der Waals surface area contributed by atoms with Crippen LogP contribution in [0.25, 0.3) is 10.2 Å². The first-order chi connectivity index (χ1) is 13.8. The Balaban J connectivity index is 2.04. The quantitative estimate of drug-likeness (QED) is 0.647. The molecule has 3 rings (SSSR count). The van der Waals surface area contributed by atoms with Crippen LogP contribution >= 0.6 is 11.3 Å². The van der Waals surface area contributed by atoms with Crippen LogP contribution in [0.1, 0.15) is 33.5 Å². The van der Waals surface area contributed by atoms with Crippen molar-refractivity contribution >= 4 is 32.6 Å². The monoisotopic (exact) mass is 412 g/mol. The van der Waals surface area contributed by atoms with E-state index < -0.39 is 0 Å². The summed E-state index contributed by atoms with van der Waals surface area (Å²) < 4.78 is 6.57. The number of aromatic nitrogens is 1. The van der Waals surface area contributed by atoms with Crippen molar-refractivity contribution in [2.75, 3.05) is 39.2 Å². The highest BCUT2D eigenvalue weighted by Gasteiger charge is 2.24. The fourth-order valence-corrected chi connectivity index (χ4v) is 4.53. The predicted molar refractivity (Wildman–Crippen MR) is 121 cm³/mol. The lowest BCUT2D eigenvalue weighted by atomic mass is 10.0. The molecule has 1 aromatic heterocycles. The number of thiazole rings is 1. The Kier molecular flexibility index (Phi) is 6.55. The maximum absolute atomic E-state index is 13.5. The maximum atomic E-state index is 13.5. The Morgan fingerprint density at radius 1 is 1.14 bits per heavy atom. The van der Waals surface area contributed by atoms with Gasteiger partial charge in [0.15, 0.2) is 5.13 Å². The van der Waals surface area contributed by atoms with Crippen molar-refractivity contribution in [1.29, 1.82) is 0 Å². The first-order valence-corrected chi connectivity index (χ1v) is 10.8. The maximum Gasteiger partial charge on any atom is 0.260 e. The Bertz CT molecular complexity index is 1030. The third-order valence-corrected chi connectivity index (χ3v) is 6.27. The normalized spacial score (nSPS) is 11.3. The highest BCUT2D eigenvalue weighted by Crippen LogP contribution is 2.37. The highest BCUT2D eigenvalue weighted by atomic mass is 32.1. The fraction of sp³-hybridized carbons (Fsp3) is 0.391. The van der Waals surface area contributed by atoms with Gasteiger partial charge in [-0.3, -0.25) is 9.69 Å². The van der Waals surface area contributed by atoms with Gasteiger partial charge in [0.2, 0.25) is 0 Å². The average molecular weight is 413 g/mol. The van der Waals surface area contributed by atoms with Gasteiger partial charge >= 0.3 is 0 Å². The van der Waals surface area contributed by atoms with Crippen LogP contribution in [0, 0.1) is 20.8 Å². The first-order valence-electron chi connectivity index (χ1n) is 9.94. The van der Waals surface area contributed by atoms with E-state index in [9.17, 15) is 4.79 Å². The summed E-state index contributed by atoms with van der Waals surface area (Å²) in [6, 6.07) is 9.95. The molecule has 0 unspecified atom stereocenters.